The smallest absolute Gasteiger partial charge is 0.326 e. The molecule has 0 fully saturated rings. The normalized spacial score (nSPS) is 13.7. The average Bonchev–Trinajstić information content (AvgIpc) is 3.37. The van der Waals surface area contributed by atoms with Gasteiger partial charge in [0.2, 0.25) is 23.6 Å². The van der Waals surface area contributed by atoms with E-state index in [1.54, 1.807) is 60.8 Å². The van der Waals surface area contributed by atoms with Gasteiger partial charge in [0.05, 0.1) is 12.5 Å². The molecule has 4 unspecified atom stereocenters. The predicted molar refractivity (Wildman–Crippen MR) is 154 cm³/mol. The van der Waals surface area contributed by atoms with E-state index in [1.807, 2.05) is 0 Å². The Hall–Kier alpha value is -5.24. The Morgan fingerprint density at radius 2 is 1.37 bits per heavy atom. The number of primary amides is 1. The molecule has 0 saturated heterocycles. The quantitative estimate of drug-likeness (QED) is 0.107. The Labute approximate surface area is 246 Å². The molecule has 3 aromatic rings. The van der Waals surface area contributed by atoms with E-state index in [9.17, 15) is 33.9 Å². The molecular formula is C29H34N6O8. The van der Waals surface area contributed by atoms with Crippen LogP contribution < -0.4 is 27.4 Å². The zero-order chi connectivity index (χ0) is 31.5. The zero-order valence-corrected chi connectivity index (χ0v) is 23.1. The Kier molecular flexibility index (Phi) is 11.3. The lowest BCUT2D eigenvalue weighted by atomic mass is 10.0. The summed E-state index contributed by atoms with van der Waals surface area (Å²) in [4.78, 5) is 77.1. The molecule has 14 nitrogen and oxygen atoms in total. The van der Waals surface area contributed by atoms with Crippen molar-refractivity contribution in [2.24, 2.45) is 11.5 Å². The molecule has 2 aromatic carbocycles. The first-order chi connectivity index (χ1) is 20.4. The van der Waals surface area contributed by atoms with Crippen molar-refractivity contribution in [3.63, 3.8) is 0 Å². The lowest BCUT2D eigenvalue weighted by Gasteiger charge is -2.24. The van der Waals surface area contributed by atoms with E-state index in [1.165, 1.54) is 0 Å². The average molecular weight is 595 g/mol. The molecule has 10 N–H and O–H groups in total. The second-order valence-electron chi connectivity index (χ2n) is 9.98. The number of benzene rings is 2. The van der Waals surface area contributed by atoms with Crippen molar-refractivity contribution < 1.29 is 39.0 Å². The maximum atomic E-state index is 13.2. The number of aromatic nitrogens is 1. The van der Waals surface area contributed by atoms with E-state index in [2.05, 4.69) is 20.9 Å². The van der Waals surface area contributed by atoms with Gasteiger partial charge in [-0.15, -0.1) is 0 Å². The fraction of sp³-hybridized carbons (Fsp3) is 0.310. The molecule has 0 radical (unpaired) electrons. The number of amides is 4. The van der Waals surface area contributed by atoms with E-state index in [-0.39, 0.29) is 19.3 Å². The number of rotatable bonds is 16. The molecule has 0 aliphatic heterocycles. The number of carboxylic acids is 2. The summed E-state index contributed by atoms with van der Waals surface area (Å²) in [5.41, 5.74) is 13.4. The Morgan fingerprint density at radius 3 is 2.02 bits per heavy atom. The molecule has 0 saturated carbocycles. The first-order valence-electron chi connectivity index (χ1n) is 13.4. The fourth-order valence-corrected chi connectivity index (χ4v) is 4.45. The van der Waals surface area contributed by atoms with E-state index in [4.69, 9.17) is 16.6 Å². The van der Waals surface area contributed by atoms with Gasteiger partial charge in [-0.1, -0.05) is 48.5 Å². The van der Waals surface area contributed by atoms with Crippen molar-refractivity contribution in [3.05, 3.63) is 71.9 Å². The summed E-state index contributed by atoms with van der Waals surface area (Å²) in [7, 11) is 0. The molecule has 0 aliphatic rings. The molecule has 228 valence electrons. The van der Waals surface area contributed by atoms with Crippen LogP contribution in [0.5, 0.6) is 0 Å². The van der Waals surface area contributed by atoms with Crippen LogP contribution in [0.3, 0.4) is 0 Å². The molecule has 4 amide bonds. The molecule has 43 heavy (non-hydrogen) atoms. The molecule has 1 heterocycles. The first kappa shape index (κ1) is 32.3. The van der Waals surface area contributed by atoms with E-state index in [0.717, 1.165) is 16.5 Å². The number of aromatic amines is 1. The number of carboxylic acid groups (broad SMARTS) is 2. The van der Waals surface area contributed by atoms with Gasteiger partial charge in [-0.25, -0.2) is 4.79 Å². The third-order valence-electron chi connectivity index (χ3n) is 6.67. The molecule has 0 spiro atoms. The Balaban J connectivity index is 1.73. The van der Waals surface area contributed by atoms with Crippen molar-refractivity contribution in [1.82, 2.24) is 20.9 Å². The highest BCUT2D eigenvalue weighted by atomic mass is 16.4. The molecular weight excluding hydrogens is 560 g/mol. The van der Waals surface area contributed by atoms with E-state index < -0.39 is 72.6 Å². The number of H-pyrrole nitrogens is 1. The summed E-state index contributed by atoms with van der Waals surface area (Å²) in [6.45, 7) is 0. The van der Waals surface area contributed by atoms with Gasteiger partial charge in [-0.05, 0) is 30.0 Å². The van der Waals surface area contributed by atoms with Gasteiger partial charge in [0, 0.05) is 29.9 Å². The molecule has 0 aliphatic carbocycles. The number of carbonyl (C=O) groups is 6. The van der Waals surface area contributed by atoms with Crippen LogP contribution in [0.1, 0.15) is 30.4 Å². The minimum Gasteiger partial charge on any atom is -0.481 e. The van der Waals surface area contributed by atoms with Crippen LogP contribution >= 0.6 is 0 Å². The number of carbonyl (C=O) groups excluding carboxylic acids is 4. The highest BCUT2D eigenvalue weighted by Crippen LogP contribution is 2.19. The van der Waals surface area contributed by atoms with Crippen LogP contribution in [0.4, 0.5) is 0 Å². The predicted octanol–water partition coefficient (Wildman–Crippen LogP) is -0.440. The van der Waals surface area contributed by atoms with Crippen LogP contribution in [0.15, 0.2) is 60.8 Å². The summed E-state index contributed by atoms with van der Waals surface area (Å²) < 4.78 is 0. The number of fused-ring (bicyclic) bond motifs is 1. The molecule has 1 aromatic heterocycles. The maximum absolute atomic E-state index is 13.2. The van der Waals surface area contributed by atoms with E-state index in [0.29, 0.717) is 5.56 Å². The largest absolute Gasteiger partial charge is 0.481 e. The lowest BCUT2D eigenvalue weighted by Crippen LogP contribution is -2.58. The van der Waals surface area contributed by atoms with Gasteiger partial charge in [0.25, 0.3) is 0 Å². The highest BCUT2D eigenvalue weighted by molar-refractivity contribution is 5.96. The highest BCUT2D eigenvalue weighted by Gasteiger charge is 2.32. The maximum Gasteiger partial charge on any atom is 0.326 e. The first-order valence-corrected chi connectivity index (χ1v) is 13.4. The number of hydrogen-bond donors (Lipinski definition) is 8. The number of para-hydroxylation sites is 1. The van der Waals surface area contributed by atoms with Gasteiger partial charge in [-0.3, -0.25) is 24.0 Å². The minimum absolute atomic E-state index is 0.112. The van der Waals surface area contributed by atoms with Crippen molar-refractivity contribution >= 4 is 46.5 Å². The van der Waals surface area contributed by atoms with Gasteiger partial charge in [-0.2, -0.15) is 0 Å². The van der Waals surface area contributed by atoms with Crippen molar-refractivity contribution in [3.8, 4) is 0 Å². The third kappa shape index (κ3) is 9.67. The monoisotopic (exact) mass is 594 g/mol. The van der Waals surface area contributed by atoms with Crippen LogP contribution in [-0.2, 0) is 41.6 Å². The molecule has 3 rings (SSSR count). The van der Waals surface area contributed by atoms with Crippen molar-refractivity contribution in [2.75, 3.05) is 0 Å². The van der Waals surface area contributed by atoms with Crippen LogP contribution in [0.25, 0.3) is 10.9 Å². The van der Waals surface area contributed by atoms with Crippen LogP contribution in [0.2, 0.25) is 0 Å². The van der Waals surface area contributed by atoms with Crippen molar-refractivity contribution in [1.29, 1.82) is 0 Å². The number of nitrogens with two attached hydrogens (primary N) is 2. The minimum atomic E-state index is -1.61. The topological polar surface area (TPSA) is 247 Å². The number of hydrogen-bond acceptors (Lipinski definition) is 7. The number of aliphatic carboxylic acids is 2. The third-order valence-corrected chi connectivity index (χ3v) is 6.67. The molecule has 0 bridgehead atoms. The summed E-state index contributed by atoms with van der Waals surface area (Å²) >= 11 is 0. The van der Waals surface area contributed by atoms with Crippen LogP contribution in [-0.4, -0.2) is 74.9 Å². The standard InChI is InChI=1S/C29H34N6O8/c30-19(12-16-6-2-1-3-7-16)26(39)33-21(10-11-25(37)38)27(40)34-22(14-24(31)36)28(41)35-23(29(42)43)13-17-15-32-20-9-5-4-8-18(17)20/h1-9,15,19,21-23,32H,10-14,30H2,(H2,31,36)(H,33,39)(H,34,40)(H,35,41)(H,37,38)(H,42,43). The molecule has 14 heteroatoms. The second kappa shape index (κ2) is 15.1. The Bertz CT molecular complexity index is 1470. The summed E-state index contributed by atoms with van der Waals surface area (Å²) in [6, 6.07) is 10.5. The summed E-state index contributed by atoms with van der Waals surface area (Å²) in [5.74, 6) is -6.31. The molecule has 4 atom stereocenters. The van der Waals surface area contributed by atoms with Gasteiger partial charge < -0.3 is 42.6 Å². The summed E-state index contributed by atoms with van der Waals surface area (Å²) in [5, 5.41) is 26.7. The van der Waals surface area contributed by atoms with Gasteiger partial charge >= 0.3 is 11.9 Å². The lowest BCUT2D eigenvalue weighted by molar-refractivity contribution is -0.142. The second-order valence-corrected chi connectivity index (χ2v) is 9.98. The Morgan fingerprint density at radius 1 is 0.767 bits per heavy atom. The summed E-state index contributed by atoms with van der Waals surface area (Å²) in [6.07, 6.45) is 0.0925. The van der Waals surface area contributed by atoms with Crippen LogP contribution in [0, 0.1) is 0 Å². The van der Waals surface area contributed by atoms with Crippen molar-refractivity contribution in [2.45, 2.75) is 56.3 Å². The van der Waals surface area contributed by atoms with Gasteiger partial charge in [0.1, 0.15) is 18.1 Å². The fourth-order valence-electron chi connectivity index (χ4n) is 4.45. The van der Waals surface area contributed by atoms with E-state index >= 15 is 0 Å². The van der Waals surface area contributed by atoms with Gasteiger partial charge in [0.15, 0.2) is 0 Å². The SMILES string of the molecule is NC(=O)CC(NC(=O)C(CCC(=O)O)NC(=O)C(N)Cc1ccccc1)C(=O)NC(Cc1c[nH]c2ccccc12)C(=O)O. The number of nitrogens with one attached hydrogen (secondary N) is 4. The zero-order valence-electron chi connectivity index (χ0n) is 23.1.